The van der Waals surface area contributed by atoms with Gasteiger partial charge in [-0.25, -0.2) is 0 Å². The predicted molar refractivity (Wildman–Crippen MR) is 120 cm³/mol. The van der Waals surface area contributed by atoms with E-state index in [4.69, 9.17) is 0 Å². The molecule has 3 heterocycles. The first-order valence-electron chi connectivity index (χ1n) is 10.3. The first-order chi connectivity index (χ1) is 14.4. The van der Waals surface area contributed by atoms with Crippen LogP contribution in [0.1, 0.15) is 24.8 Å². The third-order valence-corrected chi connectivity index (χ3v) is 6.73. The molecule has 1 fully saturated rings. The van der Waals surface area contributed by atoms with E-state index in [-0.39, 0.29) is 17.3 Å². The third kappa shape index (κ3) is 3.63. The summed E-state index contributed by atoms with van der Waals surface area (Å²) in [6.07, 6.45) is 0. The predicted octanol–water partition coefficient (Wildman–Crippen LogP) is 3.63. The third-order valence-electron chi connectivity index (χ3n) is 5.81. The molecule has 1 amide bonds. The van der Waals surface area contributed by atoms with Gasteiger partial charge in [0, 0.05) is 48.3 Å². The first kappa shape index (κ1) is 20.6. The fourth-order valence-electron chi connectivity index (χ4n) is 4.04. The SMILES string of the molecule is CC(C)C(=O)C1=C(O)C(=O)N(c2ccc(N3CCN(C)CC3)cc2)C1c1cccs1. The maximum Gasteiger partial charge on any atom is 0.294 e. The van der Waals surface area contributed by atoms with Gasteiger partial charge in [0.05, 0.1) is 5.57 Å². The Morgan fingerprint density at radius 1 is 1.07 bits per heavy atom. The number of amides is 1. The number of benzene rings is 1. The highest BCUT2D eigenvalue weighted by Gasteiger charge is 2.45. The largest absolute Gasteiger partial charge is 0.503 e. The van der Waals surface area contributed by atoms with Crippen molar-refractivity contribution >= 4 is 34.4 Å². The molecule has 6 nitrogen and oxygen atoms in total. The number of anilines is 2. The monoisotopic (exact) mass is 425 g/mol. The van der Waals surface area contributed by atoms with Gasteiger partial charge in [0.25, 0.3) is 5.91 Å². The second-order valence-corrected chi connectivity index (χ2v) is 9.16. The Labute approximate surface area is 181 Å². The number of hydrogen-bond acceptors (Lipinski definition) is 6. The molecule has 0 radical (unpaired) electrons. The Bertz CT molecular complexity index is 958. The summed E-state index contributed by atoms with van der Waals surface area (Å²) in [6.45, 7) is 7.53. The minimum Gasteiger partial charge on any atom is -0.503 e. The Balaban J connectivity index is 1.67. The minimum absolute atomic E-state index is 0.195. The molecule has 30 heavy (non-hydrogen) atoms. The van der Waals surface area contributed by atoms with Gasteiger partial charge < -0.3 is 14.9 Å². The van der Waals surface area contributed by atoms with E-state index in [1.165, 1.54) is 11.3 Å². The smallest absolute Gasteiger partial charge is 0.294 e. The lowest BCUT2D eigenvalue weighted by molar-refractivity contribution is -0.119. The molecule has 2 aliphatic rings. The van der Waals surface area contributed by atoms with Crippen LogP contribution in [0.5, 0.6) is 0 Å². The van der Waals surface area contributed by atoms with E-state index in [0.717, 1.165) is 36.7 Å². The summed E-state index contributed by atoms with van der Waals surface area (Å²) in [5.74, 6) is -1.47. The molecule has 1 atom stereocenters. The molecule has 0 bridgehead atoms. The summed E-state index contributed by atoms with van der Waals surface area (Å²) in [6, 6.07) is 11.0. The van der Waals surface area contributed by atoms with E-state index < -0.39 is 17.7 Å². The second-order valence-electron chi connectivity index (χ2n) is 8.18. The van der Waals surface area contributed by atoms with Crippen LogP contribution in [0.25, 0.3) is 0 Å². The lowest BCUT2D eigenvalue weighted by Gasteiger charge is -2.34. The van der Waals surface area contributed by atoms with Crippen LogP contribution >= 0.6 is 11.3 Å². The van der Waals surface area contributed by atoms with Gasteiger partial charge in [0.15, 0.2) is 11.5 Å². The molecule has 1 N–H and O–H groups in total. The number of aliphatic hydroxyl groups excluding tert-OH is 1. The van der Waals surface area contributed by atoms with Crippen molar-refractivity contribution < 1.29 is 14.7 Å². The molecular weight excluding hydrogens is 398 g/mol. The Morgan fingerprint density at radius 2 is 1.70 bits per heavy atom. The molecule has 0 aliphatic carbocycles. The van der Waals surface area contributed by atoms with Gasteiger partial charge in [-0.3, -0.25) is 14.5 Å². The van der Waals surface area contributed by atoms with E-state index in [1.807, 2.05) is 41.8 Å². The van der Waals surface area contributed by atoms with Gasteiger partial charge in [-0.05, 0) is 42.8 Å². The fraction of sp³-hybridized carbons (Fsp3) is 0.391. The normalized spacial score (nSPS) is 20.5. The quantitative estimate of drug-likeness (QED) is 0.793. The van der Waals surface area contributed by atoms with E-state index in [9.17, 15) is 14.7 Å². The molecule has 158 valence electrons. The summed E-state index contributed by atoms with van der Waals surface area (Å²) < 4.78 is 0. The van der Waals surface area contributed by atoms with Crippen LogP contribution in [0.4, 0.5) is 11.4 Å². The second kappa shape index (κ2) is 8.24. The number of piperazine rings is 1. The van der Waals surface area contributed by atoms with E-state index in [2.05, 4.69) is 16.8 Å². The van der Waals surface area contributed by atoms with Crippen molar-refractivity contribution in [2.75, 3.05) is 43.0 Å². The number of nitrogens with zero attached hydrogens (tertiary/aromatic N) is 3. The zero-order chi connectivity index (χ0) is 21.4. The average Bonchev–Trinajstić information content (AvgIpc) is 3.35. The first-order valence-corrected chi connectivity index (χ1v) is 11.1. The van der Waals surface area contributed by atoms with Crippen molar-refractivity contribution in [3.05, 3.63) is 58.0 Å². The van der Waals surface area contributed by atoms with Crippen molar-refractivity contribution in [3.8, 4) is 0 Å². The van der Waals surface area contributed by atoms with Gasteiger partial charge in [0.2, 0.25) is 0 Å². The molecule has 1 aromatic carbocycles. The highest BCUT2D eigenvalue weighted by molar-refractivity contribution is 7.10. The van der Waals surface area contributed by atoms with Crippen LogP contribution in [-0.2, 0) is 9.59 Å². The number of hydrogen-bond donors (Lipinski definition) is 1. The van der Waals surface area contributed by atoms with Crippen molar-refractivity contribution in [1.29, 1.82) is 0 Å². The van der Waals surface area contributed by atoms with Gasteiger partial charge in [-0.1, -0.05) is 19.9 Å². The van der Waals surface area contributed by atoms with Crippen LogP contribution in [-0.4, -0.2) is 54.9 Å². The fourth-order valence-corrected chi connectivity index (χ4v) is 4.86. The number of thiophene rings is 1. The highest BCUT2D eigenvalue weighted by Crippen LogP contribution is 2.43. The number of Topliss-reactive ketones (excluding diaryl/α,β-unsaturated/α-hetero) is 1. The molecule has 4 rings (SSSR count). The van der Waals surface area contributed by atoms with Crippen LogP contribution < -0.4 is 9.80 Å². The lowest BCUT2D eigenvalue weighted by atomic mass is 9.94. The minimum atomic E-state index is -0.595. The Morgan fingerprint density at radius 3 is 2.27 bits per heavy atom. The molecule has 1 aromatic heterocycles. The summed E-state index contributed by atoms with van der Waals surface area (Å²) in [7, 11) is 2.12. The Hall–Kier alpha value is -2.64. The van der Waals surface area contributed by atoms with Gasteiger partial charge in [-0.15, -0.1) is 11.3 Å². The van der Waals surface area contributed by atoms with Crippen molar-refractivity contribution in [1.82, 2.24) is 4.90 Å². The topological polar surface area (TPSA) is 64.1 Å². The summed E-state index contributed by atoms with van der Waals surface area (Å²) in [5.41, 5.74) is 1.98. The van der Waals surface area contributed by atoms with Crippen LogP contribution in [0.2, 0.25) is 0 Å². The van der Waals surface area contributed by atoms with Crippen molar-refractivity contribution in [2.45, 2.75) is 19.9 Å². The number of rotatable bonds is 5. The maximum atomic E-state index is 13.0. The summed E-state index contributed by atoms with van der Waals surface area (Å²) in [5, 5.41) is 12.5. The van der Waals surface area contributed by atoms with Gasteiger partial charge in [-0.2, -0.15) is 0 Å². The molecule has 1 unspecified atom stereocenters. The van der Waals surface area contributed by atoms with E-state index in [0.29, 0.717) is 5.69 Å². The van der Waals surface area contributed by atoms with Crippen LogP contribution in [0, 0.1) is 5.92 Å². The van der Waals surface area contributed by atoms with Crippen LogP contribution in [0.3, 0.4) is 0 Å². The molecule has 2 aliphatic heterocycles. The maximum absolute atomic E-state index is 13.0. The van der Waals surface area contributed by atoms with Gasteiger partial charge >= 0.3 is 0 Å². The highest BCUT2D eigenvalue weighted by atomic mass is 32.1. The number of carbonyl (C=O) groups is 2. The molecule has 0 spiro atoms. The van der Waals surface area contributed by atoms with Crippen LogP contribution in [0.15, 0.2) is 53.1 Å². The number of likely N-dealkylation sites (N-methyl/N-ethyl adjacent to an activating group) is 1. The zero-order valence-electron chi connectivity index (χ0n) is 17.5. The number of ketones is 1. The number of aliphatic hydroxyl groups is 1. The Kier molecular flexibility index (Phi) is 5.66. The molecule has 7 heteroatoms. The zero-order valence-corrected chi connectivity index (χ0v) is 18.4. The average molecular weight is 426 g/mol. The molecule has 2 aromatic rings. The van der Waals surface area contributed by atoms with E-state index >= 15 is 0 Å². The molecule has 0 saturated carbocycles. The number of carbonyl (C=O) groups excluding carboxylic acids is 2. The summed E-state index contributed by atoms with van der Waals surface area (Å²) in [4.78, 5) is 32.9. The van der Waals surface area contributed by atoms with Crippen molar-refractivity contribution in [2.24, 2.45) is 5.92 Å². The molecular formula is C23H27N3O3S. The van der Waals surface area contributed by atoms with Crippen molar-refractivity contribution in [3.63, 3.8) is 0 Å². The molecule has 1 saturated heterocycles. The summed E-state index contributed by atoms with van der Waals surface area (Å²) >= 11 is 1.48. The lowest BCUT2D eigenvalue weighted by Crippen LogP contribution is -2.44. The van der Waals surface area contributed by atoms with E-state index in [1.54, 1.807) is 18.7 Å². The van der Waals surface area contributed by atoms with Gasteiger partial charge in [0.1, 0.15) is 6.04 Å². The standard InChI is InChI=1S/C23H27N3O3S/c1-15(2)21(27)19-20(18-5-4-14-30-18)26(23(29)22(19)28)17-8-6-16(7-9-17)25-12-10-24(3)11-13-25/h4-9,14-15,20,28H,10-13H2,1-3H3.